The lowest BCUT2D eigenvalue weighted by Crippen LogP contribution is -2.29. The molecule has 0 rings (SSSR count). The van der Waals surface area contributed by atoms with E-state index in [1.54, 1.807) is 0 Å². The zero-order chi connectivity index (χ0) is 8.85. The van der Waals surface area contributed by atoms with E-state index in [0.717, 1.165) is 6.42 Å². The van der Waals surface area contributed by atoms with Crippen LogP contribution in [0.2, 0.25) is 0 Å². The van der Waals surface area contributed by atoms with E-state index in [0.29, 0.717) is 6.42 Å². The van der Waals surface area contributed by atoms with Crippen molar-refractivity contribution in [3.8, 4) is 0 Å². The largest absolute Gasteiger partial charge is 0.481 e. The fourth-order valence-electron chi connectivity index (χ4n) is 0.899. The highest BCUT2D eigenvalue weighted by molar-refractivity contribution is 6.18. The molecule has 2 atom stereocenters. The van der Waals surface area contributed by atoms with Crippen molar-refractivity contribution in [3.05, 3.63) is 0 Å². The van der Waals surface area contributed by atoms with Crippen LogP contribution in [0.4, 0.5) is 0 Å². The maximum absolute atomic E-state index is 10.5. The van der Waals surface area contributed by atoms with Gasteiger partial charge in [0.15, 0.2) is 0 Å². The van der Waals surface area contributed by atoms with Crippen molar-refractivity contribution in [2.24, 2.45) is 5.92 Å². The van der Waals surface area contributed by atoms with Crippen LogP contribution >= 0.6 is 11.6 Å². The lowest BCUT2D eigenvalue weighted by Gasteiger charge is -2.15. The predicted molar refractivity (Wildman–Crippen MR) is 42.8 cm³/mol. The number of carboxylic acid groups (broad SMARTS) is 1. The number of carboxylic acids is 1. The van der Waals surface area contributed by atoms with Crippen molar-refractivity contribution in [2.45, 2.75) is 25.9 Å². The molecule has 0 heterocycles. The molecule has 0 amide bonds. The summed E-state index contributed by atoms with van der Waals surface area (Å²) in [6.07, 6.45) is 0.294. The van der Waals surface area contributed by atoms with E-state index in [9.17, 15) is 4.79 Å². The first-order valence-corrected chi connectivity index (χ1v) is 4.13. The van der Waals surface area contributed by atoms with E-state index in [1.165, 1.54) is 0 Å². The Kier molecular flexibility index (Phi) is 5.24. The lowest BCUT2D eigenvalue weighted by molar-refractivity contribution is -0.145. The molecule has 0 aliphatic carbocycles. The van der Waals surface area contributed by atoms with Gasteiger partial charge in [0, 0.05) is 5.88 Å². The Balaban J connectivity index is 3.97. The molecule has 0 saturated carbocycles. The molecule has 0 fully saturated rings. The minimum atomic E-state index is -0.972. The first-order chi connectivity index (χ1) is 5.13. The number of aliphatic hydroxyl groups excluding tert-OH is 1. The van der Waals surface area contributed by atoms with Crippen LogP contribution in [0.15, 0.2) is 0 Å². The van der Waals surface area contributed by atoms with Gasteiger partial charge in [-0.15, -0.1) is 11.6 Å². The molecule has 0 aliphatic rings. The van der Waals surface area contributed by atoms with Gasteiger partial charge in [-0.3, -0.25) is 4.79 Å². The third kappa shape index (κ3) is 3.58. The quantitative estimate of drug-likeness (QED) is 0.623. The molecule has 0 aromatic carbocycles. The van der Waals surface area contributed by atoms with E-state index >= 15 is 0 Å². The molecule has 0 radical (unpaired) electrons. The number of aliphatic carboxylic acids is 1. The van der Waals surface area contributed by atoms with Gasteiger partial charge in [-0.1, -0.05) is 13.3 Å². The average Bonchev–Trinajstić information content (AvgIpc) is 1.98. The van der Waals surface area contributed by atoms with Crippen molar-refractivity contribution in [3.63, 3.8) is 0 Å². The summed E-state index contributed by atoms with van der Waals surface area (Å²) in [4.78, 5) is 10.5. The molecule has 3 nitrogen and oxygen atoms in total. The highest BCUT2D eigenvalue weighted by atomic mass is 35.5. The van der Waals surface area contributed by atoms with E-state index in [-0.39, 0.29) is 5.88 Å². The summed E-state index contributed by atoms with van der Waals surface area (Å²) < 4.78 is 0. The molecule has 0 spiro atoms. The third-order valence-corrected chi connectivity index (χ3v) is 1.86. The Morgan fingerprint density at radius 1 is 1.64 bits per heavy atom. The van der Waals surface area contributed by atoms with Crippen LogP contribution in [0.5, 0.6) is 0 Å². The van der Waals surface area contributed by atoms with Gasteiger partial charge in [0.2, 0.25) is 0 Å². The molecular weight excluding hydrogens is 168 g/mol. The summed E-state index contributed by atoms with van der Waals surface area (Å²) in [6.45, 7) is 1.87. The van der Waals surface area contributed by atoms with Gasteiger partial charge < -0.3 is 10.2 Å². The highest BCUT2D eigenvalue weighted by Crippen LogP contribution is 2.12. The van der Waals surface area contributed by atoms with E-state index in [1.807, 2.05) is 6.92 Å². The molecule has 0 saturated heterocycles. The van der Waals surface area contributed by atoms with Gasteiger partial charge >= 0.3 is 5.97 Å². The van der Waals surface area contributed by atoms with E-state index < -0.39 is 18.0 Å². The molecule has 1 unspecified atom stereocenters. The van der Waals surface area contributed by atoms with E-state index in [4.69, 9.17) is 21.8 Å². The zero-order valence-electron chi connectivity index (χ0n) is 6.46. The van der Waals surface area contributed by atoms with Crippen LogP contribution in [0, 0.1) is 5.92 Å². The van der Waals surface area contributed by atoms with Crippen LogP contribution in [-0.2, 0) is 4.79 Å². The van der Waals surface area contributed by atoms with Crippen LogP contribution in [0.1, 0.15) is 19.8 Å². The molecule has 0 aromatic rings. The van der Waals surface area contributed by atoms with Crippen molar-refractivity contribution < 1.29 is 15.0 Å². The Bertz CT molecular complexity index is 127. The summed E-state index contributed by atoms with van der Waals surface area (Å²) >= 11 is 5.31. The zero-order valence-corrected chi connectivity index (χ0v) is 7.21. The number of carbonyl (C=O) groups is 1. The maximum Gasteiger partial charge on any atom is 0.309 e. The molecule has 4 heteroatoms. The van der Waals surface area contributed by atoms with Gasteiger partial charge in [0.25, 0.3) is 0 Å². The van der Waals surface area contributed by atoms with Crippen molar-refractivity contribution in [1.82, 2.24) is 0 Å². The number of halogens is 1. The van der Waals surface area contributed by atoms with Gasteiger partial charge in [0.1, 0.15) is 0 Å². The van der Waals surface area contributed by atoms with E-state index in [2.05, 4.69) is 0 Å². The molecule has 11 heavy (non-hydrogen) atoms. The fraction of sp³-hybridized carbons (Fsp3) is 0.857. The highest BCUT2D eigenvalue weighted by Gasteiger charge is 2.24. The Hall–Kier alpha value is -0.280. The molecule has 0 aromatic heterocycles. The molecule has 66 valence electrons. The minimum absolute atomic E-state index is 0.0169. The lowest BCUT2D eigenvalue weighted by atomic mass is 9.99. The monoisotopic (exact) mass is 180 g/mol. The van der Waals surface area contributed by atoms with Crippen LogP contribution in [-0.4, -0.2) is 28.2 Å². The van der Waals surface area contributed by atoms with Gasteiger partial charge in [0.05, 0.1) is 12.0 Å². The second-order valence-corrected chi connectivity index (χ2v) is 2.76. The number of hydrogen-bond donors (Lipinski definition) is 2. The van der Waals surface area contributed by atoms with Crippen LogP contribution < -0.4 is 0 Å². The minimum Gasteiger partial charge on any atom is -0.481 e. The Labute approximate surface area is 71.0 Å². The number of hydrogen-bond acceptors (Lipinski definition) is 2. The fourth-order valence-corrected chi connectivity index (χ4v) is 1.11. The van der Waals surface area contributed by atoms with Crippen molar-refractivity contribution in [2.75, 3.05) is 5.88 Å². The standard InChI is InChI=1S/C7H13ClO3/c1-2-3-5(7(10)11)6(9)4-8/h5-6,9H,2-4H2,1H3,(H,10,11)/t5-,6?/m0/s1. The Morgan fingerprint density at radius 2 is 2.18 bits per heavy atom. The summed E-state index contributed by atoms with van der Waals surface area (Å²) in [5.74, 6) is -1.70. The third-order valence-electron chi connectivity index (χ3n) is 1.54. The average molecular weight is 181 g/mol. The molecule has 0 bridgehead atoms. The topological polar surface area (TPSA) is 57.5 Å². The summed E-state index contributed by atoms with van der Waals surface area (Å²) in [7, 11) is 0. The van der Waals surface area contributed by atoms with Crippen LogP contribution in [0.3, 0.4) is 0 Å². The summed E-state index contributed by atoms with van der Waals surface area (Å²) in [5.41, 5.74) is 0. The smallest absolute Gasteiger partial charge is 0.309 e. The van der Waals surface area contributed by atoms with Gasteiger partial charge in [-0.2, -0.15) is 0 Å². The van der Waals surface area contributed by atoms with Crippen LogP contribution in [0.25, 0.3) is 0 Å². The normalized spacial score (nSPS) is 15.9. The first kappa shape index (κ1) is 10.7. The number of aliphatic hydroxyl groups is 1. The van der Waals surface area contributed by atoms with Crippen molar-refractivity contribution >= 4 is 17.6 Å². The number of rotatable bonds is 5. The maximum atomic E-state index is 10.5. The van der Waals surface area contributed by atoms with Gasteiger partial charge in [-0.25, -0.2) is 0 Å². The predicted octanol–water partition coefficient (Wildman–Crippen LogP) is 1.09. The second kappa shape index (κ2) is 5.38. The molecular formula is C7H13ClO3. The summed E-state index contributed by atoms with van der Waals surface area (Å²) in [5, 5.41) is 17.7. The van der Waals surface area contributed by atoms with Gasteiger partial charge in [-0.05, 0) is 6.42 Å². The second-order valence-electron chi connectivity index (χ2n) is 2.46. The Morgan fingerprint density at radius 3 is 2.45 bits per heavy atom. The number of alkyl halides is 1. The molecule has 0 aliphatic heterocycles. The molecule has 2 N–H and O–H groups in total. The first-order valence-electron chi connectivity index (χ1n) is 3.60. The van der Waals surface area contributed by atoms with Crippen molar-refractivity contribution in [1.29, 1.82) is 0 Å². The SMILES string of the molecule is CCC[C@H](C(=O)O)C(O)CCl. The summed E-state index contributed by atoms with van der Waals surface area (Å²) in [6, 6.07) is 0.